The largest absolute Gasteiger partial charge is 0.416 e. The van der Waals surface area contributed by atoms with Crippen molar-refractivity contribution in [1.29, 1.82) is 0 Å². The monoisotopic (exact) mass is 294 g/mol. The number of nitrogens with one attached hydrogen (secondary N) is 2. The Kier molecular flexibility index (Phi) is 3.40. The zero-order valence-electron chi connectivity index (χ0n) is 11.0. The van der Waals surface area contributed by atoms with Gasteiger partial charge >= 0.3 is 6.18 Å². The highest BCUT2D eigenvalue weighted by Crippen LogP contribution is 2.31. The Balaban J connectivity index is 1.76. The summed E-state index contributed by atoms with van der Waals surface area (Å²) in [4.78, 5) is 8.09. The van der Waals surface area contributed by atoms with E-state index in [0.717, 1.165) is 25.0 Å². The van der Waals surface area contributed by atoms with E-state index in [1.165, 1.54) is 12.4 Å². The number of nitrogens with zero attached hydrogens (tertiary/aromatic N) is 2. The number of rotatable bonds is 4. The molecule has 0 atom stereocenters. The van der Waals surface area contributed by atoms with E-state index in [2.05, 4.69) is 20.6 Å². The SMILES string of the molecule is FC(F)(F)c1cccc(Nc2cc(NC3CC3)ncn2)c1. The molecule has 0 spiro atoms. The molecule has 1 fully saturated rings. The third-order valence-corrected chi connectivity index (χ3v) is 3.06. The van der Waals surface area contributed by atoms with Crippen LogP contribution in [0, 0.1) is 0 Å². The zero-order chi connectivity index (χ0) is 14.9. The Morgan fingerprint density at radius 1 is 1.05 bits per heavy atom. The Morgan fingerprint density at radius 3 is 2.52 bits per heavy atom. The summed E-state index contributed by atoms with van der Waals surface area (Å²) in [5.41, 5.74) is -0.362. The van der Waals surface area contributed by atoms with Crippen LogP contribution in [0.1, 0.15) is 18.4 Å². The molecule has 1 aliphatic rings. The second kappa shape index (κ2) is 5.23. The van der Waals surface area contributed by atoms with E-state index >= 15 is 0 Å². The van der Waals surface area contributed by atoms with Crippen molar-refractivity contribution in [2.75, 3.05) is 10.6 Å². The standard InChI is InChI=1S/C14H13F3N4/c15-14(16,17)9-2-1-3-11(6-9)21-13-7-12(18-8-19-13)20-10-4-5-10/h1-3,6-8,10H,4-5H2,(H2,18,19,20,21). The molecule has 7 heteroatoms. The fraction of sp³-hybridized carbons (Fsp3) is 0.286. The number of alkyl halides is 3. The first kappa shape index (κ1) is 13.7. The van der Waals surface area contributed by atoms with Crippen LogP contribution in [0.5, 0.6) is 0 Å². The van der Waals surface area contributed by atoms with Gasteiger partial charge in [0.25, 0.3) is 0 Å². The Hall–Kier alpha value is -2.31. The van der Waals surface area contributed by atoms with Crippen molar-refractivity contribution >= 4 is 17.3 Å². The molecule has 2 N–H and O–H groups in total. The first-order valence-electron chi connectivity index (χ1n) is 6.53. The summed E-state index contributed by atoms with van der Waals surface area (Å²) in [7, 11) is 0. The molecule has 1 saturated carbocycles. The molecule has 110 valence electrons. The molecular weight excluding hydrogens is 281 g/mol. The van der Waals surface area contributed by atoms with E-state index in [1.807, 2.05) is 0 Å². The van der Waals surface area contributed by atoms with Crippen molar-refractivity contribution in [2.45, 2.75) is 25.1 Å². The molecule has 1 heterocycles. The van der Waals surface area contributed by atoms with Gasteiger partial charge in [-0.1, -0.05) is 6.07 Å². The average Bonchev–Trinajstić information content (AvgIpc) is 3.22. The second-order valence-electron chi connectivity index (χ2n) is 4.91. The number of anilines is 3. The molecule has 1 aromatic carbocycles. The van der Waals surface area contributed by atoms with E-state index in [1.54, 1.807) is 12.1 Å². The molecule has 2 aromatic rings. The van der Waals surface area contributed by atoms with Crippen molar-refractivity contribution in [1.82, 2.24) is 9.97 Å². The molecule has 4 nitrogen and oxygen atoms in total. The van der Waals surface area contributed by atoms with Crippen LogP contribution in [0.3, 0.4) is 0 Å². The lowest BCUT2D eigenvalue weighted by Crippen LogP contribution is -2.06. The van der Waals surface area contributed by atoms with Crippen molar-refractivity contribution in [3.05, 3.63) is 42.2 Å². The van der Waals surface area contributed by atoms with Gasteiger partial charge in [-0.15, -0.1) is 0 Å². The fourth-order valence-electron chi connectivity index (χ4n) is 1.86. The lowest BCUT2D eigenvalue weighted by Gasteiger charge is -2.11. The lowest BCUT2D eigenvalue weighted by atomic mass is 10.2. The molecule has 0 radical (unpaired) electrons. The van der Waals surface area contributed by atoms with Crippen LogP contribution in [-0.4, -0.2) is 16.0 Å². The van der Waals surface area contributed by atoms with Crippen molar-refractivity contribution in [3.8, 4) is 0 Å². The predicted molar refractivity (Wildman–Crippen MR) is 73.4 cm³/mol. The molecule has 0 unspecified atom stereocenters. The van der Waals surface area contributed by atoms with Gasteiger partial charge in [0, 0.05) is 17.8 Å². The summed E-state index contributed by atoms with van der Waals surface area (Å²) < 4.78 is 38.0. The van der Waals surface area contributed by atoms with Gasteiger partial charge < -0.3 is 10.6 Å². The molecule has 0 saturated heterocycles. The third kappa shape index (κ3) is 3.62. The Labute approximate surface area is 119 Å². The molecule has 1 aromatic heterocycles. The van der Waals surface area contributed by atoms with Gasteiger partial charge in [-0.05, 0) is 31.0 Å². The van der Waals surface area contributed by atoms with Crippen LogP contribution >= 0.6 is 0 Å². The molecule has 0 aliphatic heterocycles. The van der Waals surface area contributed by atoms with Gasteiger partial charge in [0.2, 0.25) is 0 Å². The average molecular weight is 294 g/mol. The van der Waals surface area contributed by atoms with Gasteiger partial charge in [0.15, 0.2) is 0 Å². The summed E-state index contributed by atoms with van der Waals surface area (Å²) in [5, 5.41) is 6.07. The van der Waals surface area contributed by atoms with E-state index in [9.17, 15) is 13.2 Å². The number of hydrogen-bond acceptors (Lipinski definition) is 4. The predicted octanol–water partition coefficient (Wildman–Crippen LogP) is 3.81. The summed E-state index contributed by atoms with van der Waals surface area (Å²) >= 11 is 0. The van der Waals surface area contributed by atoms with Gasteiger partial charge in [-0.25, -0.2) is 9.97 Å². The van der Waals surface area contributed by atoms with Gasteiger partial charge in [-0.3, -0.25) is 0 Å². The first-order chi connectivity index (χ1) is 10.0. The quantitative estimate of drug-likeness (QED) is 0.900. The third-order valence-electron chi connectivity index (χ3n) is 3.06. The van der Waals surface area contributed by atoms with E-state index in [0.29, 0.717) is 23.4 Å². The van der Waals surface area contributed by atoms with Crippen LogP contribution in [0.25, 0.3) is 0 Å². The van der Waals surface area contributed by atoms with Crippen LogP contribution in [-0.2, 0) is 6.18 Å². The molecule has 3 rings (SSSR count). The van der Waals surface area contributed by atoms with Crippen LogP contribution < -0.4 is 10.6 Å². The smallest absolute Gasteiger partial charge is 0.367 e. The maximum atomic E-state index is 12.7. The number of aromatic nitrogens is 2. The number of halogens is 3. The number of benzene rings is 1. The first-order valence-corrected chi connectivity index (χ1v) is 6.53. The minimum absolute atomic E-state index is 0.334. The van der Waals surface area contributed by atoms with Gasteiger partial charge in [0.05, 0.1) is 5.56 Å². The molecule has 0 bridgehead atoms. The van der Waals surface area contributed by atoms with Crippen molar-refractivity contribution in [3.63, 3.8) is 0 Å². The summed E-state index contributed by atoms with van der Waals surface area (Å²) in [6.45, 7) is 0. The van der Waals surface area contributed by atoms with E-state index in [4.69, 9.17) is 0 Å². The maximum Gasteiger partial charge on any atom is 0.416 e. The van der Waals surface area contributed by atoms with Crippen molar-refractivity contribution in [2.24, 2.45) is 0 Å². The zero-order valence-corrected chi connectivity index (χ0v) is 11.0. The fourth-order valence-corrected chi connectivity index (χ4v) is 1.86. The second-order valence-corrected chi connectivity index (χ2v) is 4.91. The molecular formula is C14H13F3N4. The summed E-state index contributed by atoms with van der Waals surface area (Å²) in [5.74, 6) is 1.12. The van der Waals surface area contributed by atoms with E-state index in [-0.39, 0.29) is 0 Å². The highest BCUT2D eigenvalue weighted by molar-refractivity contribution is 5.59. The minimum Gasteiger partial charge on any atom is -0.367 e. The van der Waals surface area contributed by atoms with E-state index < -0.39 is 11.7 Å². The van der Waals surface area contributed by atoms with Crippen molar-refractivity contribution < 1.29 is 13.2 Å². The molecule has 1 aliphatic carbocycles. The Morgan fingerprint density at radius 2 is 1.81 bits per heavy atom. The lowest BCUT2D eigenvalue weighted by molar-refractivity contribution is -0.137. The normalized spacial score (nSPS) is 14.8. The Bertz CT molecular complexity index is 638. The highest BCUT2D eigenvalue weighted by Gasteiger charge is 2.30. The van der Waals surface area contributed by atoms with Crippen LogP contribution in [0.4, 0.5) is 30.5 Å². The maximum absolute atomic E-state index is 12.7. The summed E-state index contributed by atoms with van der Waals surface area (Å²) in [6.07, 6.45) is -0.760. The van der Waals surface area contributed by atoms with Gasteiger partial charge in [-0.2, -0.15) is 13.2 Å². The molecule has 21 heavy (non-hydrogen) atoms. The number of hydrogen-bond donors (Lipinski definition) is 2. The molecule has 0 amide bonds. The van der Waals surface area contributed by atoms with Crippen LogP contribution in [0.2, 0.25) is 0 Å². The minimum atomic E-state index is -4.36. The summed E-state index contributed by atoms with van der Waals surface area (Å²) in [6, 6.07) is 7.13. The highest BCUT2D eigenvalue weighted by atomic mass is 19.4. The van der Waals surface area contributed by atoms with Crippen LogP contribution in [0.15, 0.2) is 36.7 Å². The van der Waals surface area contributed by atoms with Gasteiger partial charge in [0.1, 0.15) is 18.0 Å². The topological polar surface area (TPSA) is 49.8 Å².